The molecule has 1 N–H and O–H groups in total. The molecule has 2 atom stereocenters. The number of carbonyl (C=O) groups is 1. The zero-order chi connectivity index (χ0) is 7.44. The average Bonchev–Trinajstić information content (AvgIpc) is 1.84. The van der Waals surface area contributed by atoms with Crippen LogP contribution >= 0.6 is 11.6 Å². The van der Waals surface area contributed by atoms with E-state index in [2.05, 4.69) is 4.74 Å². The van der Waals surface area contributed by atoms with Gasteiger partial charge in [-0.25, -0.2) is 0 Å². The molecule has 9 heavy (non-hydrogen) atoms. The summed E-state index contributed by atoms with van der Waals surface area (Å²) < 4.78 is 4.24. The number of alkyl halides is 1. The third-order valence-electron chi connectivity index (χ3n) is 0.850. The summed E-state index contributed by atoms with van der Waals surface area (Å²) in [6, 6.07) is 0. The van der Waals surface area contributed by atoms with Crippen LogP contribution in [-0.2, 0) is 9.53 Å². The van der Waals surface area contributed by atoms with Gasteiger partial charge in [0.25, 0.3) is 0 Å². The molecule has 0 heterocycles. The van der Waals surface area contributed by atoms with Gasteiger partial charge in [0.2, 0.25) is 0 Å². The Labute approximate surface area is 58.6 Å². The van der Waals surface area contributed by atoms with E-state index in [-0.39, 0.29) is 0 Å². The van der Waals surface area contributed by atoms with Crippen LogP contribution in [0, 0.1) is 0 Å². The molecule has 0 rings (SSSR count). The van der Waals surface area contributed by atoms with Gasteiger partial charge in [0.05, 0.1) is 13.2 Å². The first-order valence-corrected chi connectivity index (χ1v) is 2.93. The summed E-state index contributed by atoms with van der Waals surface area (Å²) in [6.45, 7) is 1.43. The Bertz CT molecular complexity index is 102. The lowest BCUT2D eigenvalue weighted by molar-refractivity contribution is -0.142. The number of hydrogen-bond acceptors (Lipinski definition) is 3. The number of aliphatic hydroxyl groups excluding tert-OH is 1. The van der Waals surface area contributed by atoms with E-state index < -0.39 is 17.5 Å². The predicted molar refractivity (Wildman–Crippen MR) is 33.3 cm³/mol. The molecule has 0 aliphatic carbocycles. The summed E-state index contributed by atoms with van der Waals surface area (Å²) in [6.07, 6.45) is -0.862. The normalized spacial score (nSPS) is 16.4. The number of aliphatic hydroxyl groups is 1. The van der Waals surface area contributed by atoms with Crippen LogP contribution < -0.4 is 0 Å². The molecule has 0 aliphatic rings. The zero-order valence-electron chi connectivity index (χ0n) is 5.30. The van der Waals surface area contributed by atoms with Crippen LogP contribution in [0.3, 0.4) is 0 Å². The first kappa shape index (κ1) is 8.72. The molecule has 0 aliphatic heterocycles. The molecule has 0 fully saturated rings. The number of esters is 1. The molecule has 4 heteroatoms. The van der Waals surface area contributed by atoms with E-state index >= 15 is 0 Å². The van der Waals surface area contributed by atoms with E-state index in [1.807, 2.05) is 0 Å². The van der Waals surface area contributed by atoms with E-state index in [9.17, 15) is 4.79 Å². The van der Waals surface area contributed by atoms with Gasteiger partial charge in [0.15, 0.2) is 5.38 Å². The predicted octanol–water partition coefficient (Wildman–Crippen LogP) is 0.148. The van der Waals surface area contributed by atoms with Gasteiger partial charge >= 0.3 is 5.97 Å². The van der Waals surface area contributed by atoms with Gasteiger partial charge in [-0.05, 0) is 6.92 Å². The van der Waals surface area contributed by atoms with Crippen molar-refractivity contribution in [1.82, 2.24) is 0 Å². The first-order chi connectivity index (χ1) is 4.09. The highest BCUT2D eigenvalue weighted by atomic mass is 35.5. The Hall–Kier alpha value is -0.280. The molecule has 0 aromatic carbocycles. The second-order valence-corrected chi connectivity index (χ2v) is 2.14. The standard InChI is InChI=1S/C5H9ClO3/c1-3(7)4(6)5(8)9-2/h3-4,7H,1-2H3/t3-,4-/m1/s1. The highest BCUT2D eigenvalue weighted by Crippen LogP contribution is 2.03. The fourth-order valence-corrected chi connectivity index (χ4v) is 0.399. The van der Waals surface area contributed by atoms with Crippen molar-refractivity contribution in [3.05, 3.63) is 0 Å². The average molecular weight is 153 g/mol. The van der Waals surface area contributed by atoms with Gasteiger partial charge in [0.1, 0.15) is 0 Å². The quantitative estimate of drug-likeness (QED) is 0.453. The minimum atomic E-state index is -0.949. The van der Waals surface area contributed by atoms with E-state index in [1.165, 1.54) is 14.0 Å². The molecule has 0 amide bonds. The zero-order valence-corrected chi connectivity index (χ0v) is 6.05. The molecule has 0 bridgehead atoms. The largest absolute Gasteiger partial charge is 0.468 e. The SMILES string of the molecule is COC(=O)[C@H](Cl)[C@@H](C)O. The van der Waals surface area contributed by atoms with Crippen molar-refractivity contribution in [2.45, 2.75) is 18.4 Å². The van der Waals surface area contributed by atoms with Crippen molar-refractivity contribution >= 4 is 17.6 Å². The summed E-state index contributed by atoms with van der Waals surface area (Å²) in [7, 11) is 1.22. The van der Waals surface area contributed by atoms with Crippen molar-refractivity contribution in [2.24, 2.45) is 0 Å². The molecular weight excluding hydrogens is 144 g/mol. The van der Waals surface area contributed by atoms with Gasteiger partial charge in [-0.15, -0.1) is 11.6 Å². The highest BCUT2D eigenvalue weighted by Gasteiger charge is 2.20. The van der Waals surface area contributed by atoms with Crippen LogP contribution in [0.25, 0.3) is 0 Å². The van der Waals surface area contributed by atoms with E-state index in [1.54, 1.807) is 0 Å². The Morgan fingerprint density at radius 3 is 2.33 bits per heavy atom. The summed E-state index contributed by atoms with van der Waals surface area (Å²) in [5.41, 5.74) is 0. The van der Waals surface area contributed by atoms with Gasteiger partial charge in [-0.3, -0.25) is 4.79 Å². The summed E-state index contributed by atoms with van der Waals surface area (Å²) in [5, 5.41) is 7.74. The lowest BCUT2D eigenvalue weighted by Crippen LogP contribution is -2.27. The third kappa shape index (κ3) is 2.67. The van der Waals surface area contributed by atoms with Crippen molar-refractivity contribution in [3.63, 3.8) is 0 Å². The maximum Gasteiger partial charge on any atom is 0.326 e. The van der Waals surface area contributed by atoms with Crippen molar-refractivity contribution in [1.29, 1.82) is 0 Å². The van der Waals surface area contributed by atoms with Crippen molar-refractivity contribution < 1.29 is 14.6 Å². The lowest BCUT2D eigenvalue weighted by atomic mass is 10.3. The number of hydrogen-bond donors (Lipinski definition) is 1. The molecule has 0 aromatic rings. The number of methoxy groups -OCH3 is 1. The maximum absolute atomic E-state index is 10.4. The second kappa shape index (κ2) is 3.69. The summed E-state index contributed by atoms with van der Waals surface area (Å²) in [5.74, 6) is -0.605. The molecule has 0 unspecified atom stereocenters. The first-order valence-electron chi connectivity index (χ1n) is 2.49. The molecular formula is C5H9ClO3. The minimum Gasteiger partial charge on any atom is -0.468 e. The second-order valence-electron chi connectivity index (χ2n) is 1.67. The minimum absolute atomic E-state index is 0.605. The van der Waals surface area contributed by atoms with Crippen molar-refractivity contribution in [2.75, 3.05) is 7.11 Å². The Balaban J connectivity index is 3.72. The van der Waals surface area contributed by atoms with E-state index in [0.717, 1.165) is 0 Å². The lowest BCUT2D eigenvalue weighted by Gasteiger charge is -2.08. The highest BCUT2D eigenvalue weighted by molar-refractivity contribution is 6.30. The van der Waals surface area contributed by atoms with Crippen molar-refractivity contribution in [3.8, 4) is 0 Å². The summed E-state index contributed by atoms with van der Waals surface area (Å²) >= 11 is 5.34. The number of rotatable bonds is 2. The van der Waals surface area contributed by atoms with Crippen LogP contribution in [0.2, 0.25) is 0 Å². The van der Waals surface area contributed by atoms with Crippen LogP contribution in [-0.4, -0.2) is 29.7 Å². The molecule has 3 nitrogen and oxygen atoms in total. The molecule has 0 saturated heterocycles. The van der Waals surface area contributed by atoms with E-state index in [4.69, 9.17) is 16.7 Å². The van der Waals surface area contributed by atoms with Crippen LogP contribution in [0.15, 0.2) is 0 Å². The topological polar surface area (TPSA) is 46.5 Å². The maximum atomic E-state index is 10.4. The molecule has 0 spiro atoms. The Morgan fingerprint density at radius 2 is 2.22 bits per heavy atom. The molecule has 0 radical (unpaired) electrons. The monoisotopic (exact) mass is 152 g/mol. The van der Waals surface area contributed by atoms with Gasteiger partial charge in [-0.1, -0.05) is 0 Å². The third-order valence-corrected chi connectivity index (χ3v) is 1.39. The molecule has 0 aromatic heterocycles. The fraction of sp³-hybridized carbons (Fsp3) is 0.800. The number of ether oxygens (including phenoxy) is 1. The van der Waals surface area contributed by atoms with Crippen LogP contribution in [0.5, 0.6) is 0 Å². The smallest absolute Gasteiger partial charge is 0.326 e. The van der Waals surface area contributed by atoms with Crippen LogP contribution in [0.1, 0.15) is 6.92 Å². The van der Waals surface area contributed by atoms with Gasteiger partial charge in [-0.2, -0.15) is 0 Å². The van der Waals surface area contributed by atoms with Gasteiger partial charge in [0, 0.05) is 0 Å². The van der Waals surface area contributed by atoms with Gasteiger partial charge < -0.3 is 9.84 Å². The fourth-order valence-electron chi connectivity index (χ4n) is 0.310. The molecule has 54 valence electrons. The van der Waals surface area contributed by atoms with E-state index in [0.29, 0.717) is 0 Å². The number of halogens is 1. The Morgan fingerprint density at radius 1 is 1.78 bits per heavy atom. The molecule has 0 saturated carbocycles. The van der Waals surface area contributed by atoms with Crippen LogP contribution in [0.4, 0.5) is 0 Å². The number of carbonyl (C=O) groups excluding carboxylic acids is 1. The summed E-state index contributed by atoms with van der Waals surface area (Å²) in [4.78, 5) is 10.4. The Kier molecular flexibility index (Phi) is 3.58.